The summed E-state index contributed by atoms with van der Waals surface area (Å²) >= 11 is 0. The summed E-state index contributed by atoms with van der Waals surface area (Å²) in [4.78, 5) is 79.5. The first-order valence-corrected chi connectivity index (χ1v) is 12.5. The molecule has 0 saturated heterocycles. The topological polar surface area (TPSA) is 342 Å². The Balaban J connectivity index is 0.000000330. The fraction of sp³-hybridized carbons (Fsp3) is 0. The van der Waals surface area contributed by atoms with E-state index in [0.717, 1.165) is 30.3 Å². The molecular formula is C28H20N4O17. The number of benzene rings is 4. The number of carboxylic acid groups (broad SMARTS) is 4. The van der Waals surface area contributed by atoms with E-state index < -0.39 is 60.5 Å². The molecule has 0 fully saturated rings. The molecule has 0 heterocycles. The normalized spacial score (nSPS) is 9.39. The van der Waals surface area contributed by atoms with Gasteiger partial charge in [-0.25, -0.2) is 19.2 Å². The molecule has 21 heteroatoms. The van der Waals surface area contributed by atoms with Crippen molar-refractivity contribution in [3.05, 3.63) is 154 Å². The van der Waals surface area contributed by atoms with Crippen LogP contribution in [0.5, 0.6) is 5.75 Å². The maximum absolute atomic E-state index is 10.5. The van der Waals surface area contributed by atoms with Crippen molar-refractivity contribution >= 4 is 46.6 Å². The third kappa shape index (κ3) is 13.0. The van der Waals surface area contributed by atoms with E-state index >= 15 is 0 Å². The maximum atomic E-state index is 10.5. The number of hydrogen-bond donors (Lipinski definition) is 5. The minimum absolute atomic E-state index is 0.0422. The third-order valence-corrected chi connectivity index (χ3v) is 5.33. The fourth-order valence-electron chi connectivity index (χ4n) is 3.06. The Morgan fingerprint density at radius 1 is 0.429 bits per heavy atom. The number of aromatic hydroxyl groups is 1. The summed E-state index contributed by atoms with van der Waals surface area (Å²) in [5.74, 6) is -5.03. The smallest absolute Gasteiger partial charge is 0.339 e. The molecule has 0 spiro atoms. The molecular weight excluding hydrogens is 664 g/mol. The number of phenols is 1. The van der Waals surface area contributed by atoms with Crippen LogP contribution in [0.1, 0.15) is 41.4 Å². The van der Waals surface area contributed by atoms with Crippen molar-refractivity contribution in [1.82, 2.24) is 0 Å². The number of nitrogens with zero attached hydrogens (tertiary/aromatic N) is 4. The van der Waals surface area contributed by atoms with Gasteiger partial charge >= 0.3 is 23.9 Å². The SMILES string of the molecule is O=C(O)c1cc([N+](=O)[O-])cc([N+](=O)[O-])c1.O=C(O)c1ccc([N+](=O)[O-])cc1.O=C(O)c1cccc([N+](=O)[O-])c1.O=C(O)c1ccccc1O. The molecule has 0 amide bonds. The number of para-hydroxylation sites is 1. The van der Waals surface area contributed by atoms with Gasteiger partial charge in [-0.05, 0) is 30.3 Å². The quantitative estimate of drug-likeness (QED) is 0.122. The van der Waals surface area contributed by atoms with E-state index in [0.29, 0.717) is 6.07 Å². The average molecular weight is 684 g/mol. The van der Waals surface area contributed by atoms with Gasteiger partial charge in [0.15, 0.2) is 0 Å². The summed E-state index contributed by atoms with van der Waals surface area (Å²) < 4.78 is 0. The molecule has 0 saturated carbocycles. The van der Waals surface area contributed by atoms with E-state index in [1.165, 1.54) is 42.5 Å². The summed E-state index contributed by atoms with van der Waals surface area (Å²) in [6.45, 7) is 0. The minimum atomic E-state index is -1.46. The molecule has 49 heavy (non-hydrogen) atoms. The van der Waals surface area contributed by atoms with Gasteiger partial charge in [-0.2, -0.15) is 0 Å². The molecule has 0 unspecified atom stereocenters. The van der Waals surface area contributed by atoms with Gasteiger partial charge in [-0.1, -0.05) is 18.2 Å². The van der Waals surface area contributed by atoms with Crippen LogP contribution in [0.25, 0.3) is 0 Å². The summed E-state index contributed by atoms with van der Waals surface area (Å²) in [5, 5.41) is 83.8. The maximum Gasteiger partial charge on any atom is 0.339 e. The number of hydrogen-bond acceptors (Lipinski definition) is 13. The molecule has 0 aliphatic rings. The lowest BCUT2D eigenvalue weighted by molar-refractivity contribution is -0.394. The lowest BCUT2D eigenvalue weighted by atomic mass is 10.2. The predicted octanol–water partition coefficient (Wildman–Crippen LogP) is 4.88. The van der Waals surface area contributed by atoms with Crippen molar-refractivity contribution in [2.24, 2.45) is 0 Å². The number of nitro benzene ring substituents is 4. The molecule has 0 aliphatic heterocycles. The number of aromatic carboxylic acids is 4. The van der Waals surface area contributed by atoms with Crippen molar-refractivity contribution in [1.29, 1.82) is 0 Å². The largest absolute Gasteiger partial charge is 0.507 e. The van der Waals surface area contributed by atoms with Gasteiger partial charge in [0.1, 0.15) is 11.3 Å². The highest BCUT2D eigenvalue weighted by atomic mass is 16.6. The number of carboxylic acids is 4. The molecule has 4 aromatic rings. The van der Waals surface area contributed by atoms with E-state index in [-0.39, 0.29) is 33.8 Å². The zero-order chi connectivity index (χ0) is 37.4. The molecule has 5 N–H and O–H groups in total. The van der Waals surface area contributed by atoms with Gasteiger partial charge in [-0.15, -0.1) is 0 Å². The van der Waals surface area contributed by atoms with Crippen LogP contribution in [0.2, 0.25) is 0 Å². The molecule has 0 bridgehead atoms. The Hall–Kier alpha value is -7.84. The molecule has 254 valence electrons. The molecule has 21 nitrogen and oxygen atoms in total. The number of rotatable bonds is 8. The van der Waals surface area contributed by atoms with Crippen molar-refractivity contribution in [2.75, 3.05) is 0 Å². The van der Waals surface area contributed by atoms with Gasteiger partial charge in [0.05, 0.1) is 42.4 Å². The van der Waals surface area contributed by atoms with E-state index in [4.69, 9.17) is 25.5 Å². The summed E-state index contributed by atoms with van der Waals surface area (Å²) in [7, 11) is 0. The first-order valence-electron chi connectivity index (χ1n) is 12.5. The van der Waals surface area contributed by atoms with Gasteiger partial charge in [0, 0.05) is 36.4 Å². The fourth-order valence-corrected chi connectivity index (χ4v) is 3.06. The Bertz CT molecular complexity index is 1770. The van der Waals surface area contributed by atoms with Crippen LogP contribution < -0.4 is 0 Å². The van der Waals surface area contributed by atoms with Crippen LogP contribution in [0.15, 0.2) is 91.0 Å². The molecule has 0 radical (unpaired) electrons. The van der Waals surface area contributed by atoms with Gasteiger partial charge < -0.3 is 25.5 Å². The van der Waals surface area contributed by atoms with Crippen LogP contribution in [-0.4, -0.2) is 69.1 Å². The van der Waals surface area contributed by atoms with Crippen LogP contribution in [0.3, 0.4) is 0 Å². The Morgan fingerprint density at radius 2 is 0.857 bits per heavy atom. The molecule has 0 aliphatic carbocycles. The lowest BCUT2D eigenvalue weighted by Gasteiger charge is -1.96. The zero-order valence-corrected chi connectivity index (χ0v) is 24.1. The second kappa shape index (κ2) is 18.2. The monoisotopic (exact) mass is 684 g/mol. The minimum Gasteiger partial charge on any atom is -0.507 e. The highest BCUT2D eigenvalue weighted by Crippen LogP contribution is 2.22. The van der Waals surface area contributed by atoms with Gasteiger partial charge in [0.2, 0.25) is 0 Å². The second-order valence-corrected chi connectivity index (χ2v) is 8.60. The van der Waals surface area contributed by atoms with Crippen LogP contribution in [0, 0.1) is 40.5 Å². The highest BCUT2D eigenvalue weighted by molar-refractivity contribution is 5.91. The summed E-state index contributed by atoms with van der Waals surface area (Å²) in [6, 6.07) is 17.6. The van der Waals surface area contributed by atoms with Gasteiger partial charge in [0.25, 0.3) is 22.7 Å². The zero-order valence-electron chi connectivity index (χ0n) is 24.1. The van der Waals surface area contributed by atoms with Crippen molar-refractivity contribution in [2.45, 2.75) is 0 Å². The second-order valence-electron chi connectivity index (χ2n) is 8.60. The van der Waals surface area contributed by atoms with Gasteiger partial charge in [-0.3, -0.25) is 40.5 Å². The van der Waals surface area contributed by atoms with Crippen molar-refractivity contribution in [3.63, 3.8) is 0 Å². The van der Waals surface area contributed by atoms with Crippen LogP contribution in [0.4, 0.5) is 22.7 Å². The van der Waals surface area contributed by atoms with E-state index in [1.54, 1.807) is 12.1 Å². The molecule has 4 rings (SSSR count). The Kier molecular flexibility index (Phi) is 14.6. The predicted molar refractivity (Wildman–Crippen MR) is 162 cm³/mol. The first-order chi connectivity index (χ1) is 22.8. The van der Waals surface area contributed by atoms with Crippen molar-refractivity contribution in [3.8, 4) is 5.75 Å². The number of carbonyl (C=O) groups is 4. The number of non-ortho nitro benzene ring substituents is 4. The van der Waals surface area contributed by atoms with Crippen LogP contribution in [-0.2, 0) is 0 Å². The third-order valence-electron chi connectivity index (χ3n) is 5.33. The lowest BCUT2D eigenvalue weighted by Crippen LogP contribution is -2.00. The molecule has 0 aromatic heterocycles. The van der Waals surface area contributed by atoms with Crippen molar-refractivity contribution < 1.29 is 64.4 Å². The average Bonchev–Trinajstić information content (AvgIpc) is 3.05. The summed E-state index contributed by atoms with van der Waals surface area (Å²) in [5.41, 5.74) is -2.17. The van der Waals surface area contributed by atoms with E-state index in [1.807, 2.05) is 0 Å². The number of nitro groups is 4. The highest BCUT2D eigenvalue weighted by Gasteiger charge is 2.19. The molecule has 0 atom stereocenters. The van der Waals surface area contributed by atoms with Crippen LogP contribution >= 0.6 is 0 Å². The Labute approximate surface area is 270 Å². The van der Waals surface area contributed by atoms with E-state index in [2.05, 4.69) is 0 Å². The summed E-state index contributed by atoms with van der Waals surface area (Å²) in [6.07, 6.45) is 0. The van der Waals surface area contributed by atoms with E-state index in [9.17, 15) is 59.6 Å². The first kappa shape index (κ1) is 39.2. The Morgan fingerprint density at radius 3 is 1.22 bits per heavy atom. The standard InChI is InChI=1S/C7H4N2O6.2C7H5NO4.C7H6O3/c10-7(11)4-1-5(8(12)13)3-6(2-4)9(14)15;9-7(10)5-1-3-6(4-2-5)8(11)12;9-7(10)5-2-1-3-6(4-5)8(11)12;8-6-4-2-1-3-5(6)7(9)10/h1-3H,(H,10,11);2*1-4H,(H,9,10);1-4,8H,(H,9,10). The molecule has 4 aromatic carbocycles.